The number of hydrogen-bond acceptors (Lipinski definition) is 2. The predicted octanol–water partition coefficient (Wildman–Crippen LogP) is 4.41. The first-order chi connectivity index (χ1) is 14.3. The third-order valence-corrected chi connectivity index (χ3v) is 4.06. The lowest BCUT2D eigenvalue weighted by molar-refractivity contribution is -0.121. The van der Waals surface area contributed by atoms with Gasteiger partial charge in [-0.2, -0.15) is 0 Å². The molecule has 0 bridgehead atoms. The van der Waals surface area contributed by atoms with E-state index in [2.05, 4.69) is 6.58 Å². The van der Waals surface area contributed by atoms with Gasteiger partial charge in [-0.25, -0.2) is 35.1 Å². The molecule has 0 aliphatic rings. The van der Waals surface area contributed by atoms with Crippen LogP contribution in [-0.2, 0) is 9.59 Å². The van der Waals surface area contributed by atoms with Crippen LogP contribution in [0.15, 0.2) is 12.2 Å². The minimum absolute atomic E-state index is 0.0202. The van der Waals surface area contributed by atoms with Crippen molar-refractivity contribution in [1.29, 1.82) is 0 Å². The summed E-state index contributed by atoms with van der Waals surface area (Å²) in [5.74, 6) is -20.2. The molecular formula is C19H12F8N2O2. The van der Waals surface area contributed by atoms with Crippen LogP contribution in [0.2, 0.25) is 0 Å². The van der Waals surface area contributed by atoms with Gasteiger partial charge in [0.1, 0.15) is 5.69 Å². The third-order valence-electron chi connectivity index (χ3n) is 4.06. The molecule has 4 nitrogen and oxygen atoms in total. The Morgan fingerprint density at radius 2 is 1.13 bits per heavy atom. The summed E-state index contributed by atoms with van der Waals surface area (Å²) in [7, 11) is 0. The average Bonchev–Trinajstić information content (AvgIpc) is 2.72. The van der Waals surface area contributed by atoms with Crippen LogP contribution >= 0.6 is 0 Å². The minimum Gasteiger partial charge on any atom is -0.343 e. The maximum Gasteiger partial charge on any atom is 0.246 e. The molecule has 0 aromatic heterocycles. The van der Waals surface area contributed by atoms with Gasteiger partial charge in [-0.1, -0.05) is 6.58 Å². The second-order valence-electron chi connectivity index (χ2n) is 6.27. The summed E-state index contributed by atoms with van der Waals surface area (Å²) in [5.41, 5.74) is -6.95. The van der Waals surface area contributed by atoms with Crippen molar-refractivity contribution in [2.45, 2.75) is 13.8 Å². The average molecular weight is 452 g/mol. The second kappa shape index (κ2) is 8.74. The molecule has 0 radical (unpaired) electrons. The molecule has 0 saturated heterocycles. The molecule has 12 heteroatoms. The van der Waals surface area contributed by atoms with Gasteiger partial charge >= 0.3 is 0 Å². The number of amides is 2. The molecule has 31 heavy (non-hydrogen) atoms. The number of hydrogen-bond donors (Lipinski definition) is 2. The molecule has 2 aromatic carbocycles. The first-order valence-corrected chi connectivity index (χ1v) is 8.23. The van der Waals surface area contributed by atoms with Crippen LogP contribution in [0.5, 0.6) is 0 Å². The smallest absolute Gasteiger partial charge is 0.246 e. The number of rotatable bonds is 5. The lowest BCUT2D eigenvalue weighted by Crippen LogP contribution is -2.33. The van der Waals surface area contributed by atoms with Gasteiger partial charge in [0.25, 0.3) is 0 Å². The zero-order chi connectivity index (χ0) is 23.8. The highest BCUT2D eigenvalue weighted by Crippen LogP contribution is 2.39. The molecule has 2 rings (SSSR count). The highest BCUT2D eigenvalue weighted by molar-refractivity contribution is 5.98. The predicted molar refractivity (Wildman–Crippen MR) is 92.7 cm³/mol. The molecule has 0 spiro atoms. The van der Waals surface area contributed by atoms with Crippen LogP contribution in [0.25, 0.3) is 11.1 Å². The summed E-state index contributed by atoms with van der Waals surface area (Å²) in [6.07, 6.45) is 0. The lowest BCUT2D eigenvalue weighted by atomic mass is 9.99. The second-order valence-corrected chi connectivity index (χ2v) is 6.27. The fourth-order valence-electron chi connectivity index (χ4n) is 2.42. The van der Waals surface area contributed by atoms with Crippen molar-refractivity contribution < 1.29 is 44.7 Å². The van der Waals surface area contributed by atoms with E-state index in [1.807, 2.05) is 5.32 Å². The fraction of sp³-hybridized carbons (Fsp3) is 0.158. The molecule has 0 atom stereocenters. The fourth-order valence-corrected chi connectivity index (χ4v) is 2.42. The van der Waals surface area contributed by atoms with Crippen LogP contribution in [0.3, 0.4) is 0 Å². The molecule has 2 N–H and O–H groups in total. The van der Waals surface area contributed by atoms with Gasteiger partial charge in [-0.15, -0.1) is 0 Å². The third kappa shape index (κ3) is 4.23. The van der Waals surface area contributed by atoms with Crippen LogP contribution < -0.4 is 10.6 Å². The monoisotopic (exact) mass is 452 g/mol. The first-order valence-electron chi connectivity index (χ1n) is 8.23. The van der Waals surface area contributed by atoms with Crippen molar-refractivity contribution in [3.63, 3.8) is 0 Å². The van der Waals surface area contributed by atoms with Crippen molar-refractivity contribution in [3.05, 3.63) is 64.3 Å². The zero-order valence-electron chi connectivity index (χ0n) is 15.8. The summed E-state index contributed by atoms with van der Waals surface area (Å²) >= 11 is 0. The highest BCUT2D eigenvalue weighted by atomic mass is 19.2. The summed E-state index contributed by atoms with van der Waals surface area (Å²) in [6.45, 7) is 4.29. The number of halogens is 8. The van der Waals surface area contributed by atoms with Crippen molar-refractivity contribution >= 4 is 17.5 Å². The minimum atomic E-state index is -2.43. The van der Waals surface area contributed by atoms with Crippen molar-refractivity contribution in [1.82, 2.24) is 5.32 Å². The van der Waals surface area contributed by atoms with Gasteiger partial charge in [0, 0.05) is 11.1 Å². The lowest BCUT2D eigenvalue weighted by Gasteiger charge is -2.15. The molecular weight excluding hydrogens is 440 g/mol. The Kier molecular flexibility index (Phi) is 6.72. The van der Waals surface area contributed by atoms with Crippen molar-refractivity contribution in [2.75, 3.05) is 11.9 Å². The highest BCUT2D eigenvalue weighted by Gasteiger charge is 2.33. The molecule has 166 valence electrons. The molecule has 0 heterocycles. The van der Waals surface area contributed by atoms with Crippen molar-refractivity contribution in [2.24, 2.45) is 0 Å². The Hall–Kier alpha value is -3.44. The van der Waals surface area contributed by atoms with E-state index in [9.17, 15) is 44.7 Å². The Bertz CT molecular complexity index is 1070. The molecule has 0 fully saturated rings. The van der Waals surface area contributed by atoms with E-state index < -0.39 is 87.3 Å². The molecule has 0 unspecified atom stereocenters. The Labute approximate surface area is 169 Å². The number of carbonyl (C=O) groups is 2. The van der Waals surface area contributed by atoms with Gasteiger partial charge in [-0.05, 0) is 13.8 Å². The normalized spacial score (nSPS) is 10.8. The maximum absolute atomic E-state index is 14.4. The topological polar surface area (TPSA) is 58.2 Å². The summed E-state index contributed by atoms with van der Waals surface area (Å²) in [4.78, 5) is 23.0. The van der Waals surface area contributed by atoms with Gasteiger partial charge in [0.05, 0.1) is 17.7 Å². The number of nitrogens with one attached hydrogen (secondary N) is 2. The summed E-state index contributed by atoms with van der Waals surface area (Å²) in [6, 6.07) is 0. The van der Waals surface area contributed by atoms with Crippen LogP contribution in [0, 0.1) is 53.5 Å². The van der Waals surface area contributed by atoms with E-state index in [4.69, 9.17) is 0 Å². The molecule has 0 aliphatic heterocycles. The van der Waals surface area contributed by atoms with Gasteiger partial charge in [0.15, 0.2) is 46.5 Å². The van der Waals surface area contributed by atoms with E-state index >= 15 is 0 Å². The van der Waals surface area contributed by atoms with E-state index in [1.165, 1.54) is 12.2 Å². The molecule has 2 amide bonds. The Balaban J connectivity index is 2.57. The van der Waals surface area contributed by atoms with Gasteiger partial charge in [-0.3, -0.25) is 9.59 Å². The number of carbonyl (C=O) groups excluding carboxylic acids is 2. The zero-order valence-corrected chi connectivity index (χ0v) is 15.8. The molecule has 0 saturated carbocycles. The Morgan fingerprint density at radius 3 is 1.52 bits per heavy atom. The standard InChI is InChI=1S/C19H12F8N2O2/c1-5(2)19(31)28-4-7(30)29-18-16(26)14(24)9(15(25)17(18)27)8-12(22)10(20)6(3)11(21)13(8)23/h1,4H2,2-3H3,(H,28,31)(H,29,30). The van der Waals surface area contributed by atoms with E-state index in [1.54, 1.807) is 0 Å². The van der Waals surface area contributed by atoms with E-state index in [0.29, 0.717) is 6.92 Å². The van der Waals surface area contributed by atoms with Gasteiger partial charge < -0.3 is 10.6 Å². The summed E-state index contributed by atoms with van der Waals surface area (Å²) in [5, 5.41) is 3.42. The number of benzene rings is 2. The van der Waals surface area contributed by atoms with Gasteiger partial charge in [0.2, 0.25) is 11.8 Å². The maximum atomic E-state index is 14.4. The largest absolute Gasteiger partial charge is 0.343 e. The van der Waals surface area contributed by atoms with Crippen LogP contribution in [0.1, 0.15) is 12.5 Å². The first kappa shape index (κ1) is 23.8. The Morgan fingerprint density at radius 1 is 0.742 bits per heavy atom. The van der Waals surface area contributed by atoms with Crippen LogP contribution in [0.4, 0.5) is 40.8 Å². The molecule has 0 aliphatic carbocycles. The van der Waals surface area contributed by atoms with E-state index in [0.717, 1.165) is 0 Å². The van der Waals surface area contributed by atoms with E-state index in [-0.39, 0.29) is 5.57 Å². The quantitative estimate of drug-likeness (QED) is 0.401. The SMILES string of the molecule is C=C(C)C(=O)NCC(=O)Nc1c(F)c(F)c(-c2c(F)c(F)c(C)c(F)c2F)c(F)c1F. The summed E-state index contributed by atoms with van der Waals surface area (Å²) < 4.78 is 113. The number of anilines is 1. The molecule has 2 aromatic rings. The van der Waals surface area contributed by atoms with Crippen LogP contribution in [-0.4, -0.2) is 18.4 Å². The van der Waals surface area contributed by atoms with Crippen molar-refractivity contribution in [3.8, 4) is 11.1 Å².